The molecule has 2 aromatic carbocycles. The van der Waals surface area contributed by atoms with Gasteiger partial charge in [0.2, 0.25) is 0 Å². The first-order chi connectivity index (χ1) is 12.1. The molecule has 3 rings (SSSR count). The lowest BCUT2D eigenvalue weighted by atomic mass is 10.1. The highest BCUT2D eigenvalue weighted by Gasteiger charge is 2.11. The summed E-state index contributed by atoms with van der Waals surface area (Å²) >= 11 is 18.1. The van der Waals surface area contributed by atoms with Crippen LogP contribution in [-0.2, 0) is 18.0 Å². The lowest BCUT2D eigenvalue weighted by Crippen LogP contribution is -2.13. The second-order valence-corrected chi connectivity index (χ2v) is 6.44. The van der Waals surface area contributed by atoms with Crippen LogP contribution in [0.4, 0.5) is 0 Å². The number of benzene rings is 2. The molecule has 0 aliphatic carbocycles. The minimum absolute atomic E-state index is 0.309. The highest BCUT2D eigenvalue weighted by Crippen LogP contribution is 2.22. The predicted molar refractivity (Wildman–Crippen MR) is 99.3 cm³/mol. The standard InChI is InChI=1S/C17H13Cl3N4O/c18-13-3-1-12(2-4-13)9-25-23-17(8-24-11-21-10-22-24)15-6-5-14(19)7-16(15)20/h1-7,10-11H,8-9H2. The summed E-state index contributed by atoms with van der Waals surface area (Å²) < 4.78 is 1.63. The average molecular weight is 396 g/mol. The number of halogens is 3. The van der Waals surface area contributed by atoms with Crippen molar-refractivity contribution in [3.05, 3.63) is 81.3 Å². The van der Waals surface area contributed by atoms with Crippen LogP contribution in [-0.4, -0.2) is 20.5 Å². The van der Waals surface area contributed by atoms with Gasteiger partial charge in [0.15, 0.2) is 0 Å². The second kappa shape index (κ2) is 8.34. The van der Waals surface area contributed by atoms with Crippen LogP contribution in [0.2, 0.25) is 15.1 Å². The topological polar surface area (TPSA) is 52.3 Å². The summed E-state index contributed by atoms with van der Waals surface area (Å²) in [5, 5.41) is 10.0. The number of rotatable bonds is 6. The molecule has 128 valence electrons. The summed E-state index contributed by atoms with van der Waals surface area (Å²) in [6, 6.07) is 12.6. The first kappa shape index (κ1) is 17.7. The Labute approximate surface area is 159 Å². The summed E-state index contributed by atoms with van der Waals surface area (Å²) in [5.41, 5.74) is 2.29. The molecule has 0 atom stereocenters. The van der Waals surface area contributed by atoms with E-state index in [9.17, 15) is 0 Å². The number of hydrogen-bond acceptors (Lipinski definition) is 4. The van der Waals surface area contributed by atoms with E-state index in [-0.39, 0.29) is 0 Å². The van der Waals surface area contributed by atoms with E-state index in [1.807, 2.05) is 12.1 Å². The Morgan fingerprint density at radius 1 is 1.04 bits per heavy atom. The van der Waals surface area contributed by atoms with Gasteiger partial charge in [0.25, 0.3) is 0 Å². The van der Waals surface area contributed by atoms with E-state index in [1.54, 1.807) is 41.3 Å². The van der Waals surface area contributed by atoms with Crippen LogP contribution in [0.1, 0.15) is 11.1 Å². The number of oxime groups is 1. The van der Waals surface area contributed by atoms with E-state index < -0.39 is 0 Å². The summed E-state index contributed by atoms with van der Waals surface area (Å²) in [6.45, 7) is 0.672. The monoisotopic (exact) mass is 394 g/mol. The van der Waals surface area contributed by atoms with Crippen LogP contribution in [0, 0.1) is 0 Å². The van der Waals surface area contributed by atoms with E-state index in [0.29, 0.717) is 33.9 Å². The molecule has 0 aliphatic rings. The van der Waals surface area contributed by atoms with Gasteiger partial charge in [-0.2, -0.15) is 5.10 Å². The van der Waals surface area contributed by atoms with Crippen molar-refractivity contribution < 1.29 is 4.84 Å². The van der Waals surface area contributed by atoms with Crippen LogP contribution in [0.5, 0.6) is 0 Å². The van der Waals surface area contributed by atoms with Gasteiger partial charge in [-0.25, -0.2) is 9.67 Å². The van der Waals surface area contributed by atoms with Gasteiger partial charge < -0.3 is 4.84 Å². The molecule has 8 heteroatoms. The molecule has 5 nitrogen and oxygen atoms in total. The Balaban J connectivity index is 1.81. The molecule has 0 amide bonds. The molecule has 0 radical (unpaired) electrons. The van der Waals surface area contributed by atoms with Gasteiger partial charge in [0.1, 0.15) is 25.0 Å². The summed E-state index contributed by atoms with van der Waals surface area (Å²) in [4.78, 5) is 9.43. The molecule has 3 aromatic rings. The van der Waals surface area contributed by atoms with Crippen LogP contribution >= 0.6 is 34.8 Å². The van der Waals surface area contributed by atoms with Crippen molar-refractivity contribution in [3.8, 4) is 0 Å². The fraction of sp³-hybridized carbons (Fsp3) is 0.118. The van der Waals surface area contributed by atoms with Gasteiger partial charge in [-0.1, -0.05) is 52.1 Å². The summed E-state index contributed by atoms with van der Waals surface area (Å²) in [5.74, 6) is 0. The highest BCUT2D eigenvalue weighted by molar-refractivity contribution is 6.37. The Hall–Kier alpha value is -2.08. The summed E-state index contributed by atoms with van der Waals surface area (Å²) in [7, 11) is 0. The SMILES string of the molecule is Clc1ccc(CON=C(Cn2cncn2)c2ccc(Cl)cc2Cl)cc1. The molecule has 25 heavy (non-hydrogen) atoms. The average Bonchev–Trinajstić information content (AvgIpc) is 3.09. The first-order valence-corrected chi connectivity index (χ1v) is 8.46. The molecule has 1 heterocycles. The number of nitrogens with zero attached hydrogens (tertiary/aromatic N) is 4. The maximum atomic E-state index is 6.30. The summed E-state index contributed by atoms with van der Waals surface area (Å²) in [6.07, 6.45) is 3.05. The quantitative estimate of drug-likeness (QED) is 0.442. The largest absolute Gasteiger partial charge is 0.391 e. The molecule has 0 spiro atoms. The van der Waals surface area contributed by atoms with E-state index in [0.717, 1.165) is 11.1 Å². The predicted octanol–water partition coefficient (Wildman–Crippen LogP) is 4.86. The number of aromatic nitrogens is 3. The molecule has 0 bridgehead atoms. The van der Waals surface area contributed by atoms with Gasteiger partial charge in [-0.05, 0) is 35.9 Å². The molecular weight excluding hydrogens is 383 g/mol. The van der Waals surface area contributed by atoms with E-state index >= 15 is 0 Å². The maximum absolute atomic E-state index is 6.30. The fourth-order valence-electron chi connectivity index (χ4n) is 2.12. The molecule has 0 N–H and O–H groups in total. The maximum Gasteiger partial charge on any atom is 0.142 e. The zero-order chi connectivity index (χ0) is 17.6. The van der Waals surface area contributed by atoms with Crippen molar-refractivity contribution in [1.82, 2.24) is 14.8 Å². The lowest BCUT2D eigenvalue weighted by Gasteiger charge is -2.09. The lowest BCUT2D eigenvalue weighted by molar-refractivity contribution is 0.130. The molecule has 0 aliphatic heterocycles. The normalized spacial score (nSPS) is 11.6. The smallest absolute Gasteiger partial charge is 0.142 e. The van der Waals surface area contributed by atoms with Gasteiger partial charge in [-0.15, -0.1) is 0 Å². The molecule has 1 aromatic heterocycles. The first-order valence-electron chi connectivity index (χ1n) is 7.33. The van der Waals surface area contributed by atoms with Gasteiger partial charge in [-0.3, -0.25) is 0 Å². The van der Waals surface area contributed by atoms with Crippen LogP contribution in [0.15, 0.2) is 60.3 Å². The van der Waals surface area contributed by atoms with Crippen molar-refractivity contribution in [2.75, 3.05) is 0 Å². The van der Waals surface area contributed by atoms with E-state index in [4.69, 9.17) is 39.6 Å². The second-order valence-electron chi connectivity index (χ2n) is 5.16. The highest BCUT2D eigenvalue weighted by atomic mass is 35.5. The van der Waals surface area contributed by atoms with Gasteiger partial charge in [0, 0.05) is 15.6 Å². The van der Waals surface area contributed by atoms with E-state index in [1.165, 1.54) is 6.33 Å². The molecular formula is C17H13Cl3N4O. The zero-order valence-corrected chi connectivity index (χ0v) is 15.2. The molecule has 0 saturated heterocycles. The Morgan fingerprint density at radius 3 is 2.48 bits per heavy atom. The fourth-order valence-corrected chi connectivity index (χ4v) is 2.76. The third kappa shape index (κ3) is 4.95. The van der Waals surface area contributed by atoms with Crippen molar-refractivity contribution in [2.24, 2.45) is 5.16 Å². The van der Waals surface area contributed by atoms with Crippen molar-refractivity contribution in [1.29, 1.82) is 0 Å². The van der Waals surface area contributed by atoms with Crippen molar-refractivity contribution in [3.63, 3.8) is 0 Å². The van der Waals surface area contributed by atoms with Crippen LogP contribution in [0.3, 0.4) is 0 Å². The van der Waals surface area contributed by atoms with Gasteiger partial charge >= 0.3 is 0 Å². The van der Waals surface area contributed by atoms with Crippen LogP contribution < -0.4 is 0 Å². The van der Waals surface area contributed by atoms with Crippen LogP contribution in [0.25, 0.3) is 0 Å². The third-order valence-corrected chi connectivity index (χ3v) is 4.14. The van der Waals surface area contributed by atoms with Crippen molar-refractivity contribution in [2.45, 2.75) is 13.2 Å². The Morgan fingerprint density at radius 2 is 1.80 bits per heavy atom. The van der Waals surface area contributed by atoms with Gasteiger partial charge in [0.05, 0.1) is 11.6 Å². The minimum atomic E-state index is 0.309. The molecule has 0 saturated carbocycles. The number of hydrogen-bond donors (Lipinski definition) is 0. The third-order valence-electron chi connectivity index (χ3n) is 3.34. The Kier molecular flexibility index (Phi) is 5.91. The minimum Gasteiger partial charge on any atom is -0.391 e. The molecule has 0 unspecified atom stereocenters. The van der Waals surface area contributed by atoms with E-state index in [2.05, 4.69) is 15.2 Å². The molecule has 0 fully saturated rings. The Bertz CT molecular complexity index is 864. The van der Waals surface area contributed by atoms with Crippen molar-refractivity contribution >= 4 is 40.5 Å². The zero-order valence-electron chi connectivity index (χ0n) is 12.9.